The average Bonchev–Trinajstić information content (AvgIpc) is 3.61. The van der Waals surface area contributed by atoms with Crippen LogP contribution < -0.4 is 10.2 Å². The summed E-state index contributed by atoms with van der Waals surface area (Å²) >= 11 is 0. The largest absolute Gasteiger partial charge is 0.444 e. The van der Waals surface area contributed by atoms with Crippen LogP contribution in [0.3, 0.4) is 0 Å². The van der Waals surface area contributed by atoms with Crippen LogP contribution in [-0.4, -0.2) is 91.1 Å². The van der Waals surface area contributed by atoms with Crippen molar-refractivity contribution in [2.24, 2.45) is 5.92 Å². The number of hydrogen-bond acceptors (Lipinski definition) is 8. The van der Waals surface area contributed by atoms with Crippen LogP contribution in [0.4, 0.5) is 16.3 Å². The second kappa shape index (κ2) is 13.3. The third-order valence-electron chi connectivity index (χ3n) is 7.86. The zero-order valence-electron chi connectivity index (χ0n) is 26.9. The molecular formula is C32H46N6O5Si. The van der Waals surface area contributed by atoms with Crippen molar-refractivity contribution >= 4 is 42.6 Å². The molecular weight excluding hydrogens is 576 g/mol. The Kier molecular flexibility index (Phi) is 9.61. The molecule has 0 radical (unpaired) electrons. The lowest BCUT2D eigenvalue weighted by Gasteiger charge is -2.28. The highest BCUT2D eigenvalue weighted by molar-refractivity contribution is 6.76. The molecule has 238 valence electrons. The van der Waals surface area contributed by atoms with Gasteiger partial charge in [0.1, 0.15) is 30.1 Å². The highest BCUT2D eigenvalue weighted by atomic mass is 28.3. The summed E-state index contributed by atoms with van der Waals surface area (Å²) in [7, 11) is -1.23. The lowest BCUT2D eigenvalue weighted by Crippen LogP contribution is -2.36. The fraction of sp³-hybridized carbons (Fsp3) is 0.562. The molecule has 3 aromatic rings. The van der Waals surface area contributed by atoms with Crippen LogP contribution in [0.5, 0.6) is 0 Å². The zero-order chi connectivity index (χ0) is 31.5. The van der Waals surface area contributed by atoms with E-state index in [4.69, 9.17) is 14.2 Å². The second-order valence-corrected chi connectivity index (χ2v) is 19.4. The molecule has 5 rings (SSSR count). The molecule has 2 aliphatic heterocycles. The molecule has 0 aliphatic carbocycles. The summed E-state index contributed by atoms with van der Waals surface area (Å²) in [5, 5.41) is 4.01. The highest BCUT2D eigenvalue weighted by Crippen LogP contribution is 2.33. The number of nitrogens with zero attached hydrogens (tertiary/aromatic N) is 5. The van der Waals surface area contributed by atoms with E-state index in [9.17, 15) is 9.59 Å². The van der Waals surface area contributed by atoms with Gasteiger partial charge in [-0.1, -0.05) is 31.8 Å². The van der Waals surface area contributed by atoms with Gasteiger partial charge in [0.05, 0.1) is 30.2 Å². The van der Waals surface area contributed by atoms with Gasteiger partial charge >= 0.3 is 6.09 Å². The first kappa shape index (κ1) is 31.9. The molecule has 0 bridgehead atoms. The van der Waals surface area contributed by atoms with Gasteiger partial charge in [0.2, 0.25) is 5.91 Å². The van der Waals surface area contributed by atoms with Crippen LogP contribution in [0.2, 0.25) is 25.7 Å². The smallest absolute Gasteiger partial charge is 0.410 e. The summed E-state index contributed by atoms with van der Waals surface area (Å²) in [5.41, 5.74) is 2.93. The van der Waals surface area contributed by atoms with Crippen LogP contribution in [0, 0.1) is 5.92 Å². The number of carbonyl (C=O) groups excluding carboxylic acids is 2. The molecule has 1 aromatic carbocycles. The van der Waals surface area contributed by atoms with Crippen LogP contribution in [0.25, 0.3) is 22.3 Å². The van der Waals surface area contributed by atoms with Crippen molar-refractivity contribution in [3.05, 3.63) is 36.7 Å². The first-order valence-corrected chi connectivity index (χ1v) is 19.2. The maximum absolute atomic E-state index is 13.1. The lowest BCUT2D eigenvalue weighted by molar-refractivity contribution is -0.119. The molecule has 2 fully saturated rings. The van der Waals surface area contributed by atoms with E-state index in [1.165, 1.54) is 0 Å². The number of nitrogens with one attached hydrogen (secondary N) is 1. The second-order valence-electron chi connectivity index (χ2n) is 13.8. The maximum atomic E-state index is 13.1. The fourth-order valence-corrected chi connectivity index (χ4v) is 6.17. The number of hydrogen-bond donors (Lipinski definition) is 1. The summed E-state index contributed by atoms with van der Waals surface area (Å²) < 4.78 is 19.4. The van der Waals surface area contributed by atoms with Gasteiger partial charge < -0.3 is 33.9 Å². The van der Waals surface area contributed by atoms with Gasteiger partial charge in [0.15, 0.2) is 0 Å². The number of amides is 2. The number of fused-ring (bicyclic) bond motifs is 1. The molecule has 1 atom stereocenters. The molecule has 1 N–H and O–H groups in total. The summed E-state index contributed by atoms with van der Waals surface area (Å²) in [6.07, 6.45) is 1.85. The number of anilines is 2. The Labute approximate surface area is 260 Å². The fourth-order valence-electron chi connectivity index (χ4n) is 5.42. The van der Waals surface area contributed by atoms with E-state index in [2.05, 4.69) is 50.5 Å². The SMILES string of the molecule is CC(C)(C)OC(=O)N1CC[C@@H](C(=O)Nc2ccc(-c3cc4c(N5CCOCC5)ncnc4n3COCC[Si](C)(C)C)cc2)C1. The number of morpholine rings is 1. The van der Waals surface area contributed by atoms with Crippen molar-refractivity contribution in [1.29, 1.82) is 0 Å². The van der Waals surface area contributed by atoms with Crippen LogP contribution >= 0.6 is 0 Å². The normalized spacial score (nSPS) is 17.7. The topological polar surface area (TPSA) is 111 Å². The average molecular weight is 623 g/mol. The molecule has 0 spiro atoms. The predicted octanol–water partition coefficient (Wildman–Crippen LogP) is 5.44. The highest BCUT2D eigenvalue weighted by Gasteiger charge is 2.33. The van der Waals surface area contributed by atoms with Gasteiger partial charge in [0, 0.05) is 46.5 Å². The number of benzene rings is 1. The Bertz CT molecular complexity index is 1460. The Hall–Kier alpha value is -3.48. The number of likely N-dealkylation sites (tertiary alicyclic amines) is 1. The van der Waals surface area contributed by atoms with Crippen LogP contribution in [0.1, 0.15) is 27.2 Å². The van der Waals surface area contributed by atoms with Crippen molar-refractivity contribution in [2.75, 3.05) is 56.2 Å². The quantitative estimate of drug-likeness (QED) is 0.248. The monoisotopic (exact) mass is 622 g/mol. The summed E-state index contributed by atoms with van der Waals surface area (Å²) in [6, 6.07) is 11.1. The van der Waals surface area contributed by atoms with Crippen LogP contribution in [-0.2, 0) is 25.7 Å². The minimum absolute atomic E-state index is 0.0980. The molecule has 2 aromatic heterocycles. The Morgan fingerprint density at radius 2 is 1.80 bits per heavy atom. The molecule has 44 heavy (non-hydrogen) atoms. The van der Waals surface area contributed by atoms with Gasteiger partial charge in [-0.2, -0.15) is 0 Å². The van der Waals surface area contributed by atoms with Gasteiger partial charge in [-0.05, 0) is 57.0 Å². The van der Waals surface area contributed by atoms with E-state index in [0.717, 1.165) is 47.2 Å². The van der Waals surface area contributed by atoms with Gasteiger partial charge in [-0.3, -0.25) is 4.79 Å². The summed E-state index contributed by atoms with van der Waals surface area (Å²) in [4.78, 5) is 38.7. The van der Waals surface area contributed by atoms with Crippen molar-refractivity contribution < 1.29 is 23.8 Å². The molecule has 2 aliphatic rings. The Balaban J connectivity index is 1.33. The van der Waals surface area contributed by atoms with Gasteiger partial charge in [-0.25, -0.2) is 14.8 Å². The lowest BCUT2D eigenvalue weighted by atomic mass is 10.1. The van der Waals surface area contributed by atoms with Gasteiger partial charge in [0.25, 0.3) is 0 Å². The Morgan fingerprint density at radius 3 is 2.48 bits per heavy atom. The van der Waals surface area contributed by atoms with E-state index in [0.29, 0.717) is 51.7 Å². The number of aromatic nitrogens is 3. The first-order valence-electron chi connectivity index (χ1n) is 15.5. The molecule has 0 unspecified atom stereocenters. The number of ether oxygens (including phenoxy) is 3. The van der Waals surface area contributed by atoms with Crippen molar-refractivity contribution in [2.45, 2.75) is 65.2 Å². The van der Waals surface area contributed by atoms with E-state index in [1.54, 1.807) is 11.2 Å². The van der Waals surface area contributed by atoms with Crippen molar-refractivity contribution in [3.63, 3.8) is 0 Å². The third-order valence-corrected chi connectivity index (χ3v) is 9.56. The zero-order valence-corrected chi connectivity index (χ0v) is 27.9. The maximum Gasteiger partial charge on any atom is 0.410 e. The minimum atomic E-state index is -1.23. The van der Waals surface area contributed by atoms with E-state index < -0.39 is 13.7 Å². The third kappa shape index (κ3) is 7.96. The molecule has 4 heterocycles. The van der Waals surface area contributed by atoms with Crippen molar-refractivity contribution in [1.82, 2.24) is 19.4 Å². The standard InChI is InChI=1S/C32H46N6O5Si/c1-32(2,3)43-31(40)37-12-11-24(20-37)30(39)35-25-9-7-23(8-10-25)27-19-26-28(36-13-15-41-16-14-36)33-21-34-29(26)38(27)22-42-17-18-44(4,5)6/h7-10,19,21,24H,11-18,20,22H2,1-6H3,(H,35,39)/t24-/m1/s1. The number of carbonyl (C=O) groups is 2. The molecule has 2 saturated heterocycles. The molecule has 12 heteroatoms. The number of rotatable bonds is 9. The first-order chi connectivity index (χ1) is 20.9. The molecule has 2 amide bonds. The van der Waals surface area contributed by atoms with E-state index in [1.807, 2.05) is 45.0 Å². The Morgan fingerprint density at radius 1 is 1.07 bits per heavy atom. The van der Waals surface area contributed by atoms with Gasteiger partial charge in [-0.15, -0.1) is 0 Å². The molecule has 0 saturated carbocycles. The van der Waals surface area contributed by atoms with Crippen molar-refractivity contribution in [3.8, 4) is 11.3 Å². The van der Waals surface area contributed by atoms with E-state index >= 15 is 0 Å². The van der Waals surface area contributed by atoms with E-state index in [-0.39, 0.29) is 17.9 Å². The molecule has 11 nitrogen and oxygen atoms in total. The summed E-state index contributed by atoms with van der Waals surface area (Å²) in [5.74, 6) is 0.524. The van der Waals surface area contributed by atoms with Crippen LogP contribution in [0.15, 0.2) is 36.7 Å². The minimum Gasteiger partial charge on any atom is -0.444 e. The predicted molar refractivity (Wildman–Crippen MR) is 175 cm³/mol. The summed E-state index contributed by atoms with van der Waals surface area (Å²) in [6.45, 7) is 17.4.